The third kappa shape index (κ3) is 4.17. The number of likely N-dealkylation sites (tertiary alicyclic amines) is 1. The highest BCUT2D eigenvalue weighted by molar-refractivity contribution is 5.68. The van der Waals surface area contributed by atoms with Crippen molar-refractivity contribution in [2.75, 3.05) is 13.1 Å². The summed E-state index contributed by atoms with van der Waals surface area (Å²) < 4.78 is 18.4. The van der Waals surface area contributed by atoms with E-state index < -0.39 is 5.60 Å². The van der Waals surface area contributed by atoms with Crippen molar-refractivity contribution in [1.29, 1.82) is 0 Å². The van der Waals surface area contributed by atoms with Crippen LogP contribution in [-0.4, -0.2) is 35.7 Å². The molecule has 1 aliphatic rings. The summed E-state index contributed by atoms with van der Waals surface area (Å²) in [5.74, 6) is -0.265. The molecule has 0 radical (unpaired) electrons. The maximum atomic E-state index is 13.0. The van der Waals surface area contributed by atoms with Crippen LogP contribution in [0, 0.1) is 5.82 Å². The summed E-state index contributed by atoms with van der Waals surface area (Å²) in [6.07, 6.45) is 0.392. The van der Waals surface area contributed by atoms with Crippen molar-refractivity contribution in [3.63, 3.8) is 0 Å². The third-order valence-corrected chi connectivity index (χ3v) is 3.62. The number of ether oxygens (including phenoxy) is 1. The zero-order valence-electron chi connectivity index (χ0n) is 12.8. The lowest BCUT2D eigenvalue weighted by molar-refractivity contribution is 0.0186. The molecule has 1 aromatic rings. The zero-order chi connectivity index (χ0) is 15.6. The van der Waals surface area contributed by atoms with E-state index in [0.717, 1.165) is 5.56 Å². The fourth-order valence-electron chi connectivity index (χ4n) is 2.53. The van der Waals surface area contributed by atoms with E-state index in [1.165, 1.54) is 12.1 Å². The van der Waals surface area contributed by atoms with Gasteiger partial charge in [-0.15, -0.1) is 0 Å². The van der Waals surface area contributed by atoms with Crippen LogP contribution in [0.2, 0.25) is 0 Å². The molecule has 0 aromatic heterocycles. The zero-order valence-corrected chi connectivity index (χ0v) is 12.8. The average Bonchev–Trinajstić information content (AvgIpc) is 2.38. The predicted molar refractivity (Wildman–Crippen MR) is 79.5 cm³/mol. The highest BCUT2D eigenvalue weighted by Crippen LogP contribution is 2.27. The molecular weight excluding hydrogens is 271 g/mol. The Morgan fingerprint density at radius 3 is 2.52 bits per heavy atom. The van der Waals surface area contributed by atoms with Crippen molar-refractivity contribution in [2.45, 2.75) is 44.8 Å². The number of hydrogen-bond donors (Lipinski definition) is 1. The van der Waals surface area contributed by atoms with E-state index in [4.69, 9.17) is 10.5 Å². The quantitative estimate of drug-likeness (QED) is 0.866. The summed E-state index contributed by atoms with van der Waals surface area (Å²) in [6.45, 7) is 6.63. The third-order valence-electron chi connectivity index (χ3n) is 3.62. The Balaban J connectivity index is 2.09. The molecule has 0 bridgehead atoms. The number of carbonyl (C=O) groups is 1. The summed E-state index contributed by atoms with van der Waals surface area (Å²) in [5.41, 5.74) is 6.61. The summed E-state index contributed by atoms with van der Waals surface area (Å²) in [6, 6.07) is 6.29. The molecule has 21 heavy (non-hydrogen) atoms. The lowest BCUT2D eigenvalue weighted by Gasteiger charge is -2.37. The van der Waals surface area contributed by atoms with Gasteiger partial charge in [-0.2, -0.15) is 0 Å². The van der Waals surface area contributed by atoms with Crippen molar-refractivity contribution < 1.29 is 13.9 Å². The van der Waals surface area contributed by atoms with Crippen LogP contribution < -0.4 is 5.73 Å². The lowest BCUT2D eigenvalue weighted by Crippen LogP contribution is -2.49. The van der Waals surface area contributed by atoms with Crippen LogP contribution in [0.3, 0.4) is 0 Å². The monoisotopic (exact) mass is 294 g/mol. The SMILES string of the molecule is CC(C)(C)OC(=O)N1CC[C@H](N)[C@H](c2ccc(F)cc2)C1. The second-order valence-corrected chi connectivity index (χ2v) is 6.54. The minimum absolute atomic E-state index is 0.00636. The van der Waals surface area contributed by atoms with Crippen LogP contribution in [0.4, 0.5) is 9.18 Å². The van der Waals surface area contributed by atoms with Crippen molar-refractivity contribution >= 4 is 6.09 Å². The first-order chi connectivity index (χ1) is 9.76. The fraction of sp³-hybridized carbons (Fsp3) is 0.562. The Hall–Kier alpha value is -1.62. The minimum atomic E-state index is -0.512. The molecule has 2 atom stereocenters. The standard InChI is InChI=1S/C16H23FN2O2/c1-16(2,3)21-15(20)19-9-8-14(18)13(10-19)11-4-6-12(17)7-5-11/h4-7,13-14H,8-10,18H2,1-3H3/t13-,14-/m0/s1. The van der Waals surface area contributed by atoms with Crippen molar-refractivity contribution in [2.24, 2.45) is 5.73 Å². The molecule has 1 amide bonds. The van der Waals surface area contributed by atoms with Gasteiger partial charge in [-0.3, -0.25) is 0 Å². The summed E-state index contributed by atoms with van der Waals surface area (Å²) in [4.78, 5) is 13.8. The van der Waals surface area contributed by atoms with Crippen LogP contribution >= 0.6 is 0 Å². The number of rotatable bonds is 1. The first-order valence-electron chi connectivity index (χ1n) is 7.25. The van der Waals surface area contributed by atoms with Crippen LogP contribution in [-0.2, 0) is 4.74 Å². The molecule has 1 fully saturated rings. The maximum Gasteiger partial charge on any atom is 0.410 e. The van der Waals surface area contributed by atoms with Gasteiger partial charge in [-0.1, -0.05) is 12.1 Å². The Morgan fingerprint density at radius 1 is 1.33 bits per heavy atom. The van der Waals surface area contributed by atoms with Crippen molar-refractivity contribution in [3.05, 3.63) is 35.6 Å². The fourth-order valence-corrected chi connectivity index (χ4v) is 2.53. The normalized spacial score (nSPS) is 23.0. The number of nitrogens with zero attached hydrogens (tertiary/aromatic N) is 1. The Morgan fingerprint density at radius 2 is 1.95 bits per heavy atom. The van der Waals surface area contributed by atoms with E-state index in [2.05, 4.69) is 0 Å². The van der Waals surface area contributed by atoms with Crippen LogP contribution in [0.5, 0.6) is 0 Å². The first-order valence-corrected chi connectivity index (χ1v) is 7.25. The van der Waals surface area contributed by atoms with E-state index in [1.807, 2.05) is 20.8 Å². The maximum absolute atomic E-state index is 13.0. The van der Waals surface area contributed by atoms with E-state index in [1.54, 1.807) is 17.0 Å². The molecular formula is C16H23FN2O2. The molecule has 2 N–H and O–H groups in total. The number of hydrogen-bond acceptors (Lipinski definition) is 3. The molecule has 0 saturated carbocycles. The van der Waals surface area contributed by atoms with Gasteiger partial charge in [0.15, 0.2) is 0 Å². The minimum Gasteiger partial charge on any atom is -0.444 e. The molecule has 0 spiro atoms. The largest absolute Gasteiger partial charge is 0.444 e. The summed E-state index contributed by atoms with van der Waals surface area (Å²) >= 11 is 0. The highest BCUT2D eigenvalue weighted by Gasteiger charge is 2.32. The number of benzene rings is 1. The molecule has 4 nitrogen and oxygen atoms in total. The molecule has 0 aliphatic carbocycles. The van der Waals surface area contributed by atoms with Crippen LogP contribution in [0.15, 0.2) is 24.3 Å². The Labute approximate surface area is 125 Å². The molecule has 1 heterocycles. The van der Waals surface area contributed by atoms with Crippen molar-refractivity contribution in [3.8, 4) is 0 Å². The second-order valence-electron chi connectivity index (χ2n) is 6.54. The van der Waals surface area contributed by atoms with E-state index in [0.29, 0.717) is 19.5 Å². The van der Waals surface area contributed by atoms with Crippen LogP contribution in [0.25, 0.3) is 0 Å². The van der Waals surface area contributed by atoms with Gasteiger partial charge in [0.05, 0.1) is 0 Å². The Bertz CT molecular complexity index is 496. The lowest BCUT2D eigenvalue weighted by atomic mass is 9.87. The molecule has 116 valence electrons. The van der Waals surface area contributed by atoms with E-state index in [-0.39, 0.29) is 23.9 Å². The van der Waals surface area contributed by atoms with Gasteiger partial charge in [0.25, 0.3) is 0 Å². The molecule has 1 aromatic carbocycles. The predicted octanol–water partition coefficient (Wildman–Crippen LogP) is 2.88. The van der Waals surface area contributed by atoms with Gasteiger partial charge in [0, 0.05) is 25.0 Å². The van der Waals surface area contributed by atoms with E-state index in [9.17, 15) is 9.18 Å². The molecule has 5 heteroatoms. The molecule has 0 unspecified atom stereocenters. The van der Waals surface area contributed by atoms with Gasteiger partial charge >= 0.3 is 6.09 Å². The second kappa shape index (κ2) is 6.02. The van der Waals surface area contributed by atoms with Gasteiger partial charge in [0.1, 0.15) is 11.4 Å². The molecule has 2 rings (SSSR count). The van der Waals surface area contributed by atoms with Crippen molar-refractivity contribution in [1.82, 2.24) is 4.90 Å². The van der Waals surface area contributed by atoms with Gasteiger partial charge in [0.2, 0.25) is 0 Å². The molecule has 1 aliphatic heterocycles. The first kappa shape index (κ1) is 15.8. The topological polar surface area (TPSA) is 55.6 Å². The average molecular weight is 294 g/mol. The number of nitrogens with two attached hydrogens (primary N) is 1. The van der Waals surface area contributed by atoms with Gasteiger partial charge < -0.3 is 15.4 Å². The van der Waals surface area contributed by atoms with Gasteiger partial charge in [-0.05, 0) is 44.9 Å². The molecule has 1 saturated heterocycles. The number of carbonyl (C=O) groups excluding carboxylic acids is 1. The van der Waals surface area contributed by atoms with E-state index >= 15 is 0 Å². The summed E-state index contributed by atoms with van der Waals surface area (Å²) in [5, 5.41) is 0. The number of amides is 1. The number of halogens is 1. The van der Waals surface area contributed by atoms with Crippen LogP contribution in [0.1, 0.15) is 38.7 Å². The highest BCUT2D eigenvalue weighted by atomic mass is 19.1. The summed E-state index contributed by atoms with van der Waals surface area (Å²) in [7, 11) is 0. The smallest absolute Gasteiger partial charge is 0.410 e. The Kier molecular flexibility index (Phi) is 4.52. The van der Waals surface area contributed by atoms with Gasteiger partial charge in [-0.25, -0.2) is 9.18 Å². The number of piperidine rings is 1.